The topological polar surface area (TPSA) is 77.7 Å². The highest BCUT2D eigenvalue weighted by Crippen LogP contribution is 2.28. The molecule has 0 bridgehead atoms. The van der Waals surface area contributed by atoms with Crippen LogP contribution in [0.5, 0.6) is 0 Å². The number of para-hydroxylation sites is 2. The van der Waals surface area contributed by atoms with Gasteiger partial charge in [-0.2, -0.15) is 0 Å². The maximum Gasteiger partial charge on any atom is 0.356 e. The molecule has 1 fully saturated rings. The van der Waals surface area contributed by atoms with Crippen molar-refractivity contribution in [3.63, 3.8) is 0 Å². The van der Waals surface area contributed by atoms with Crippen LogP contribution in [0, 0.1) is 5.82 Å². The van der Waals surface area contributed by atoms with E-state index >= 15 is 0 Å². The van der Waals surface area contributed by atoms with E-state index in [1.165, 1.54) is 13.2 Å². The summed E-state index contributed by atoms with van der Waals surface area (Å²) < 4.78 is 18.8. The molecule has 1 saturated heterocycles. The quantitative estimate of drug-likeness (QED) is 0.633. The van der Waals surface area contributed by atoms with E-state index in [0.717, 1.165) is 10.9 Å². The monoisotopic (exact) mass is 410 g/mol. The molecule has 0 spiro atoms. The Kier molecular flexibility index (Phi) is 5.67. The van der Waals surface area contributed by atoms with Gasteiger partial charge in [0.25, 0.3) is 0 Å². The van der Waals surface area contributed by atoms with Crippen molar-refractivity contribution in [2.75, 3.05) is 50.1 Å². The van der Waals surface area contributed by atoms with Crippen LogP contribution in [0.25, 0.3) is 10.9 Å². The smallest absolute Gasteiger partial charge is 0.356 e. The molecule has 0 aliphatic carbocycles. The fraction of sp³-hybridized carbons (Fsp3) is 0.273. The second kappa shape index (κ2) is 8.54. The number of ether oxygens (including phenoxy) is 1. The summed E-state index contributed by atoms with van der Waals surface area (Å²) in [7, 11) is 1.30. The zero-order chi connectivity index (χ0) is 21.1. The third kappa shape index (κ3) is 3.99. The minimum Gasteiger partial charge on any atom is -0.464 e. The first kappa shape index (κ1) is 19.9. The third-order valence-corrected chi connectivity index (χ3v) is 5.29. The van der Waals surface area contributed by atoms with E-state index in [1.54, 1.807) is 12.1 Å². The van der Waals surface area contributed by atoms with Gasteiger partial charge in [-0.1, -0.05) is 30.3 Å². The summed E-state index contributed by atoms with van der Waals surface area (Å²) in [5, 5.41) is 3.61. The number of esters is 1. The van der Waals surface area contributed by atoms with Gasteiger partial charge in [0, 0.05) is 37.1 Å². The van der Waals surface area contributed by atoms with Crippen molar-refractivity contribution in [1.82, 2.24) is 9.88 Å². The van der Waals surface area contributed by atoms with E-state index in [1.807, 2.05) is 40.1 Å². The van der Waals surface area contributed by atoms with Crippen molar-refractivity contribution in [2.45, 2.75) is 0 Å². The highest BCUT2D eigenvalue weighted by Gasteiger charge is 2.23. The number of nitrogens with zero attached hydrogens (tertiary/aromatic N) is 2. The largest absolute Gasteiger partial charge is 0.464 e. The van der Waals surface area contributed by atoms with Crippen LogP contribution in [0.3, 0.4) is 0 Å². The van der Waals surface area contributed by atoms with Gasteiger partial charge in [-0.05, 0) is 18.2 Å². The first-order valence-electron chi connectivity index (χ1n) is 9.77. The van der Waals surface area contributed by atoms with Gasteiger partial charge in [0.05, 0.1) is 25.0 Å². The maximum atomic E-state index is 14.0. The van der Waals surface area contributed by atoms with Crippen LogP contribution in [0.1, 0.15) is 10.5 Å². The summed E-state index contributed by atoms with van der Waals surface area (Å²) in [4.78, 5) is 31.8. The zero-order valence-corrected chi connectivity index (χ0v) is 16.7. The molecule has 3 aromatic rings. The molecule has 0 saturated carbocycles. The number of nitrogens with one attached hydrogen (secondary N) is 2. The number of hydrogen-bond acceptors (Lipinski definition) is 5. The Labute approximate surface area is 173 Å². The van der Waals surface area contributed by atoms with Crippen LogP contribution >= 0.6 is 0 Å². The van der Waals surface area contributed by atoms with E-state index in [-0.39, 0.29) is 24.0 Å². The Hall–Kier alpha value is -3.39. The van der Waals surface area contributed by atoms with Gasteiger partial charge in [0.1, 0.15) is 11.5 Å². The lowest BCUT2D eigenvalue weighted by Crippen LogP contribution is -2.49. The summed E-state index contributed by atoms with van der Waals surface area (Å²) in [6.07, 6.45) is 0. The first-order chi connectivity index (χ1) is 14.6. The number of amides is 1. The number of piperazine rings is 1. The Morgan fingerprint density at radius 1 is 1.07 bits per heavy atom. The van der Waals surface area contributed by atoms with Crippen molar-refractivity contribution < 1.29 is 18.7 Å². The molecule has 2 aromatic carbocycles. The maximum absolute atomic E-state index is 14.0. The lowest BCUT2D eigenvalue weighted by molar-refractivity contribution is -0.117. The van der Waals surface area contributed by atoms with Crippen LogP contribution in [0.2, 0.25) is 0 Å². The average molecular weight is 410 g/mol. The van der Waals surface area contributed by atoms with Crippen LogP contribution in [0.15, 0.2) is 48.5 Å². The van der Waals surface area contributed by atoms with Crippen molar-refractivity contribution in [3.05, 3.63) is 60.0 Å². The number of carbonyl (C=O) groups is 2. The molecular weight excluding hydrogens is 387 g/mol. The molecule has 2 heterocycles. The number of carbonyl (C=O) groups excluding carboxylic acids is 2. The Balaban J connectivity index is 1.41. The number of fused-ring (bicyclic) bond motifs is 1. The Bertz CT molecular complexity index is 1070. The number of anilines is 2. The number of hydrogen-bond donors (Lipinski definition) is 2. The minimum atomic E-state index is -0.542. The molecule has 30 heavy (non-hydrogen) atoms. The number of H-pyrrole nitrogens is 1. The standard InChI is InChI=1S/C22H23FN4O3/c1-30-22(29)21-20(15-6-2-4-8-17(15)24-21)25-19(28)14-26-10-12-27(13-11-26)18-9-5-3-7-16(18)23/h2-9,24H,10-14H2,1H3,(H,25,28). The van der Waals surface area contributed by atoms with Gasteiger partial charge in [-0.25, -0.2) is 9.18 Å². The second-order valence-corrected chi connectivity index (χ2v) is 7.17. The number of aromatic amines is 1. The van der Waals surface area contributed by atoms with E-state index in [9.17, 15) is 14.0 Å². The van der Waals surface area contributed by atoms with Crippen molar-refractivity contribution >= 4 is 34.2 Å². The number of rotatable bonds is 5. The van der Waals surface area contributed by atoms with Crippen LogP contribution in [-0.4, -0.2) is 61.6 Å². The molecule has 1 aliphatic rings. The second-order valence-electron chi connectivity index (χ2n) is 7.17. The first-order valence-corrected chi connectivity index (χ1v) is 9.77. The highest BCUT2D eigenvalue weighted by atomic mass is 19.1. The molecule has 0 unspecified atom stereocenters. The van der Waals surface area contributed by atoms with Gasteiger partial charge in [0.2, 0.25) is 5.91 Å². The van der Waals surface area contributed by atoms with Crippen LogP contribution in [0.4, 0.5) is 15.8 Å². The molecule has 0 atom stereocenters. The molecule has 2 N–H and O–H groups in total. The lowest BCUT2D eigenvalue weighted by atomic mass is 10.2. The van der Waals surface area contributed by atoms with Crippen molar-refractivity contribution in [1.29, 1.82) is 0 Å². The molecule has 1 aliphatic heterocycles. The predicted octanol–water partition coefficient (Wildman–Crippen LogP) is 2.85. The van der Waals surface area contributed by atoms with E-state index in [4.69, 9.17) is 4.74 Å². The summed E-state index contributed by atoms with van der Waals surface area (Å²) in [5.41, 5.74) is 1.97. The Morgan fingerprint density at radius 3 is 2.50 bits per heavy atom. The number of benzene rings is 2. The molecule has 7 nitrogen and oxygen atoms in total. The normalized spacial score (nSPS) is 14.7. The van der Waals surface area contributed by atoms with Crippen molar-refractivity contribution in [2.24, 2.45) is 0 Å². The van der Waals surface area contributed by atoms with Gasteiger partial charge in [-0.3, -0.25) is 9.69 Å². The molecule has 1 amide bonds. The molecule has 156 valence electrons. The number of halogens is 1. The summed E-state index contributed by atoms with van der Waals surface area (Å²) >= 11 is 0. The summed E-state index contributed by atoms with van der Waals surface area (Å²) in [6.45, 7) is 2.73. The van der Waals surface area contributed by atoms with Gasteiger partial charge >= 0.3 is 5.97 Å². The average Bonchev–Trinajstić information content (AvgIpc) is 3.12. The molecule has 0 radical (unpaired) electrons. The van der Waals surface area contributed by atoms with Gasteiger partial charge in [-0.15, -0.1) is 0 Å². The van der Waals surface area contributed by atoms with Crippen molar-refractivity contribution in [3.8, 4) is 0 Å². The van der Waals surface area contributed by atoms with Crippen LogP contribution < -0.4 is 10.2 Å². The molecule has 1 aromatic heterocycles. The van der Waals surface area contributed by atoms with E-state index in [2.05, 4.69) is 10.3 Å². The molecular formula is C22H23FN4O3. The van der Waals surface area contributed by atoms with Crippen LogP contribution in [-0.2, 0) is 9.53 Å². The molecule has 8 heteroatoms. The van der Waals surface area contributed by atoms with Gasteiger partial charge < -0.3 is 19.9 Å². The lowest BCUT2D eigenvalue weighted by Gasteiger charge is -2.35. The van der Waals surface area contributed by atoms with Gasteiger partial charge in [0.15, 0.2) is 0 Å². The van der Waals surface area contributed by atoms with E-state index < -0.39 is 5.97 Å². The number of aromatic nitrogens is 1. The fourth-order valence-electron chi connectivity index (χ4n) is 3.76. The third-order valence-electron chi connectivity index (χ3n) is 5.29. The molecule has 4 rings (SSSR count). The Morgan fingerprint density at radius 2 is 1.77 bits per heavy atom. The SMILES string of the molecule is COC(=O)c1[nH]c2ccccc2c1NC(=O)CN1CCN(c2ccccc2F)CC1. The fourth-order valence-corrected chi connectivity index (χ4v) is 3.76. The summed E-state index contributed by atoms with van der Waals surface area (Å²) in [6, 6.07) is 14.1. The highest BCUT2D eigenvalue weighted by molar-refractivity contribution is 6.11. The number of methoxy groups -OCH3 is 1. The van der Waals surface area contributed by atoms with E-state index in [0.29, 0.717) is 37.6 Å². The predicted molar refractivity (Wildman–Crippen MR) is 113 cm³/mol. The summed E-state index contributed by atoms with van der Waals surface area (Å²) in [5.74, 6) is -0.998. The zero-order valence-electron chi connectivity index (χ0n) is 16.7. The minimum absolute atomic E-state index is 0.186.